The van der Waals surface area contributed by atoms with Gasteiger partial charge in [-0.25, -0.2) is 19.6 Å². The van der Waals surface area contributed by atoms with Gasteiger partial charge in [0.15, 0.2) is 23.1 Å². The van der Waals surface area contributed by atoms with E-state index >= 15 is 0 Å². The number of rotatable bonds is 21. The summed E-state index contributed by atoms with van der Waals surface area (Å²) < 4.78 is 12.9. The van der Waals surface area contributed by atoms with E-state index in [2.05, 4.69) is 53.4 Å². The molecule has 5 aromatic rings. The van der Waals surface area contributed by atoms with Crippen LogP contribution in [-0.4, -0.2) is 125 Å². The number of likely N-dealkylation sites (tertiary alicyclic amines) is 1. The van der Waals surface area contributed by atoms with E-state index in [1.54, 1.807) is 36.9 Å². The standard InChI is InChI=1S/C48H64N12O8S/c1-8-59-40-35(26-52-33(18-19-48(6,7)66)38(40)56-44(59)39-43(49)58-68-57-39)67-23-11-21-50-20-9-12-36(62)51-22-10-13-37(63)55-42(47(3,4)5)46(65)60-27-32(61)24-34(60)45(64)53-25-30-14-16-31(17-15-30)41-29(2)54-28-69-41/h14-17,26,28,32,34,42,50,61,66H,8-13,20-25,27H2,1-7H3,(H2,49,58)(H,51,62)(H,53,64)(H,55,63)/t32-,34+,42?/m1/s1. The van der Waals surface area contributed by atoms with Crippen LogP contribution in [-0.2, 0) is 32.3 Å². The molecule has 1 saturated heterocycles. The summed E-state index contributed by atoms with van der Waals surface area (Å²) in [7, 11) is 0. The lowest BCUT2D eigenvalue weighted by Crippen LogP contribution is -2.57. The summed E-state index contributed by atoms with van der Waals surface area (Å²) in [6.45, 7) is 15.2. The normalized spacial score (nSPS) is 15.4. The van der Waals surface area contributed by atoms with E-state index in [1.165, 1.54) is 4.90 Å². The highest BCUT2D eigenvalue weighted by molar-refractivity contribution is 7.13. The molecule has 6 rings (SSSR count). The molecule has 1 fully saturated rings. The lowest BCUT2D eigenvalue weighted by Gasteiger charge is -2.35. The smallest absolute Gasteiger partial charge is 0.246 e. The Morgan fingerprint density at radius 1 is 1.00 bits per heavy atom. The SMILES string of the molecule is CCn1c(-c2nonc2N)nc2c(C#CC(C)(C)O)ncc(OCCCNCCCC(=O)NCCCC(=O)NC(C(=O)N3C[C@H](O)C[C@H]3C(=O)NCc3ccc(-c4scnc4C)cc3)C(C)(C)C)c21. The lowest BCUT2D eigenvalue weighted by atomic mass is 9.85. The maximum absolute atomic E-state index is 14.0. The number of carbonyl (C=O) groups is 4. The van der Waals surface area contributed by atoms with Crippen LogP contribution in [0.2, 0.25) is 0 Å². The molecule has 1 aliphatic heterocycles. The van der Waals surface area contributed by atoms with E-state index in [-0.39, 0.29) is 61.7 Å². The third-order valence-corrected chi connectivity index (χ3v) is 12.4. The van der Waals surface area contributed by atoms with E-state index in [4.69, 9.17) is 20.1 Å². The zero-order chi connectivity index (χ0) is 49.9. The minimum atomic E-state index is -1.24. The predicted molar refractivity (Wildman–Crippen MR) is 260 cm³/mol. The molecule has 0 radical (unpaired) electrons. The van der Waals surface area contributed by atoms with Crippen molar-refractivity contribution >= 4 is 51.8 Å². The molecule has 1 aromatic carbocycles. The van der Waals surface area contributed by atoms with Crippen LogP contribution in [0.15, 0.2) is 40.6 Å². The monoisotopic (exact) mass is 968 g/mol. The molecule has 3 atom stereocenters. The van der Waals surface area contributed by atoms with Crippen molar-refractivity contribution in [2.75, 3.05) is 38.5 Å². The van der Waals surface area contributed by atoms with Crippen LogP contribution >= 0.6 is 11.3 Å². The number of imidazole rings is 1. The van der Waals surface area contributed by atoms with Gasteiger partial charge < -0.3 is 51.4 Å². The second-order valence-electron chi connectivity index (χ2n) is 18.6. The van der Waals surface area contributed by atoms with Crippen LogP contribution in [0.1, 0.15) is 97.0 Å². The molecule has 0 bridgehead atoms. The first-order valence-corrected chi connectivity index (χ1v) is 24.1. The summed E-state index contributed by atoms with van der Waals surface area (Å²) in [5.74, 6) is 5.40. The molecule has 0 spiro atoms. The van der Waals surface area contributed by atoms with Crippen LogP contribution in [0.25, 0.3) is 33.0 Å². The molecule has 69 heavy (non-hydrogen) atoms. The Balaban J connectivity index is 0.890. The van der Waals surface area contributed by atoms with Crippen molar-refractivity contribution in [1.82, 2.24) is 56.0 Å². The maximum Gasteiger partial charge on any atom is 0.246 e. The average molecular weight is 969 g/mol. The molecule has 1 unspecified atom stereocenters. The number of aliphatic hydroxyl groups excluding tert-OH is 1. The summed E-state index contributed by atoms with van der Waals surface area (Å²) in [6.07, 6.45) is 2.79. The number of nitrogens with two attached hydrogens (primary N) is 1. The van der Waals surface area contributed by atoms with Crippen molar-refractivity contribution in [2.45, 2.75) is 124 Å². The van der Waals surface area contributed by atoms with Crippen LogP contribution in [0, 0.1) is 24.2 Å². The van der Waals surface area contributed by atoms with E-state index in [9.17, 15) is 29.4 Å². The highest BCUT2D eigenvalue weighted by Crippen LogP contribution is 2.34. The molecular weight excluding hydrogens is 905 g/mol. The van der Waals surface area contributed by atoms with Gasteiger partial charge in [-0.05, 0) is 92.8 Å². The lowest BCUT2D eigenvalue weighted by molar-refractivity contribution is -0.144. The number of aryl methyl sites for hydroxylation is 2. The summed E-state index contributed by atoms with van der Waals surface area (Å²) >= 11 is 1.57. The second kappa shape index (κ2) is 23.2. The van der Waals surface area contributed by atoms with Gasteiger partial charge in [-0.15, -0.1) is 11.3 Å². The topological polar surface area (TPSA) is 278 Å². The fourth-order valence-corrected chi connectivity index (χ4v) is 8.63. The zero-order valence-corrected chi connectivity index (χ0v) is 41.2. The molecule has 8 N–H and O–H groups in total. The van der Waals surface area contributed by atoms with Crippen molar-refractivity contribution in [1.29, 1.82) is 0 Å². The number of nitrogens with zero attached hydrogens (tertiary/aromatic N) is 7. The number of pyridine rings is 1. The Bertz CT molecular complexity index is 2640. The predicted octanol–water partition coefficient (Wildman–Crippen LogP) is 3.48. The summed E-state index contributed by atoms with van der Waals surface area (Å²) in [4.78, 5) is 69.2. The van der Waals surface area contributed by atoms with Crippen LogP contribution in [0.4, 0.5) is 5.82 Å². The number of hydrogen-bond acceptors (Lipinski definition) is 16. The van der Waals surface area contributed by atoms with Crippen LogP contribution in [0.5, 0.6) is 5.75 Å². The Morgan fingerprint density at radius 2 is 1.72 bits per heavy atom. The molecule has 4 amide bonds. The Hall–Kier alpha value is -6.47. The summed E-state index contributed by atoms with van der Waals surface area (Å²) in [5, 5.41) is 40.4. The Labute approximate surface area is 405 Å². The first kappa shape index (κ1) is 51.9. The number of thiazole rings is 1. The van der Waals surface area contributed by atoms with Gasteiger partial charge in [0.05, 0.1) is 35.0 Å². The molecule has 370 valence electrons. The van der Waals surface area contributed by atoms with Gasteiger partial charge in [-0.1, -0.05) is 51.0 Å². The third-order valence-electron chi connectivity index (χ3n) is 11.4. The number of ether oxygens (including phenoxy) is 1. The number of nitrogen functional groups attached to an aromatic ring is 1. The third kappa shape index (κ3) is 13.8. The quantitative estimate of drug-likeness (QED) is 0.0410. The van der Waals surface area contributed by atoms with Gasteiger partial charge in [-0.3, -0.25) is 19.2 Å². The summed E-state index contributed by atoms with van der Waals surface area (Å²) in [5.41, 5.74) is 10.5. The number of nitrogens with one attached hydrogen (secondary N) is 4. The zero-order valence-electron chi connectivity index (χ0n) is 40.3. The number of fused-ring (bicyclic) bond motifs is 1. The number of anilines is 1. The van der Waals surface area contributed by atoms with Crippen molar-refractivity contribution in [3.05, 3.63) is 52.9 Å². The number of β-amino-alcohol motifs (C(OH)–C–C–N with tert-alkyl or cyclic N) is 1. The van der Waals surface area contributed by atoms with Crippen molar-refractivity contribution in [2.24, 2.45) is 5.41 Å². The highest BCUT2D eigenvalue weighted by atomic mass is 32.1. The number of hydrogen-bond donors (Lipinski definition) is 7. The van der Waals surface area contributed by atoms with Gasteiger partial charge in [0.25, 0.3) is 0 Å². The van der Waals surface area contributed by atoms with E-state index in [1.807, 2.05) is 63.5 Å². The molecule has 5 heterocycles. The van der Waals surface area contributed by atoms with Crippen molar-refractivity contribution in [3.63, 3.8) is 0 Å². The van der Waals surface area contributed by atoms with Crippen molar-refractivity contribution in [3.8, 4) is 39.5 Å². The number of aromatic nitrogens is 6. The molecule has 0 aliphatic carbocycles. The highest BCUT2D eigenvalue weighted by Gasteiger charge is 2.44. The first-order valence-electron chi connectivity index (χ1n) is 23.2. The van der Waals surface area contributed by atoms with Crippen molar-refractivity contribution < 1.29 is 38.8 Å². The van der Waals surface area contributed by atoms with Gasteiger partial charge in [0.1, 0.15) is 34.4 Å². The molecule has 1 aliphatic rings. The van der Waals surface area contributed by atoms with Gasteiger partial charge in [0, 0.05) is 45.4 Å². The van der Waals surface area contributed by atoms with Crippen LogP contribution < -0.4 is 31.7 Å². The molecule has 20 nitrogen and oxygen atoms in total. The Morgan fingerprint density at radius 3 is 2.39 bits per heavy atom. The molecule has 21 heteroatoms. The number of aliphatic hydroxyl groups is 2. The van der Waals surface area contributed by atoms with E-state index in [0.29, 0.717) is 80.2 Å². The van der Waals surface area contributed by atoms with E-state index in [0.717, 1.165) is 21.7 Å². The van der Waals surface area contributed by atoms with Gasteiger partial charge in [0.2, 0.25) is 23.6 Å². The number of carbonyl (C=O) groups excluding carboxylic acids is 4. The minimum Gasteiger partial charge on any atom is -0.490 e. The van der Waals surface area contributed by atoms with Crippen LogP contribution in [0.3, 0.4) is 0 Å². The van der Waals surface area contributed by atoms with Gasteiger partial charge >= 0.3 is 0 Å². The second-order valence-corrected chi connectivity index (χ2v) is 19.5. The fourth-order valence-electron chi connectivity index (χ4n) is 7.82. The van der Waals surface area contributed by atoms with Gasteiger partial charge in [-0.2, -0.15) is 0 Å². The maximum atomic E-state index is 14.0. The average Bonchev–Trinajstić information content (AvgIpc) is 4.11. The number of benzene rings is 1. The Kier molecular flexibility index (Phi) is 17.5. The summed E-state index contributed by atoms with van der Waals surface area (Å²) in [6, 6.07) is 6.01. The molecule has 0 saturated carbocycles. The largest absolute Gasteiger partial charge is 0.490 e. The number of amides is 4. The molecule has 4 aromatic heterocycles. The van der Waals surface area contributed by atoms with E-state index < -0.39 is 35.1 Å². The minimum absolute atomic E-state index is 0.0209. The fraction of sp³-hybridized carbons (Fsp3) is 0.521. The molecular formula is C48H64N12O8S. The first-order chi connectivity index (χ1) is 32.8.